The third-order valence-electron chi connectivity index (χ3n) is 6.43. The molecule has 0 unspecified atom stereocenters. The number of aromatic nitrogens is 4. The Balaban J connectivity index is 1.31. The van der Waals surface area contributed by atoms with Crippen LogP contribution in [0.2, 0.25) is 0 Å². The van der Waals surface area contributed by atoms with Crippen molar-refractivity contribution in [1.82, 2.24) is 24.2 Å². The number of ether oxygens (including phenoxy) is 1. The lowest BCUT2D eigenvalue weighted by Crippen LogP contribution is -2.47. The lowest BCUT2D eigenvalue weighted by Gasteiger charge is -2.27. The van der Waals surface area contributed by atoms with Crippen molar-refractivity contribution < 1.29 is 32.3 Å². The quantitative estimate of drug-likeness (QED) is 0.120. The van der Waals surface area contributed by atoms with Crippen LogP contribution in [0.1, 0.15) is 15.9 Å². The van der Waals surface area contributed by atoms with Gasteiger partial charge in [0.2, 0.25) is 5.95 Å². The number of nitrogens with two attached hydrogens (primary N) is 3. The highest BCUT2D eigenvalue weighted by Crippen LogP contribution is 2.33. The lowest BCUT2D eigenvalue weighted by atomic mass is 10.1. The van der Waals surface area contributed by atoms with Crippen LogP contribution >= 0.6 is 0 Å². The summed E-state index contributed by atoms with van der Waals surface area (Å²) >= 11 is 0. The zero-order valence-electron chi connectivity index (χ0n) is 21.3. The highest BCUT2D eigenvalue weighted by Gasteiger charge is 2.51. The largest absolute Gasteiger partial charge is 0.398 e. The Morgan fingerprint density at radius 3 is 2.61 bits per heavy atom. The Morgan fingerprint density at radius 2 is 1.90 bits per heavy atom. The monoisotopic (exact) mass is 585 g/mol. The van der Waals surface area contributed by atoms with Gasteiger partial charge >= 0.3 is 10.3 Å². The molecule has 0 spiro atoms. The average Bonchev–Trinajstić information content (AvgIpc) is 3.50. The molecule has 2 aromatic heterocycles. The first-order valence-electron chi connectivity index (χ1n) is 12.2. The van der Waals surface area contributed by atoms with Crippen LogP contribution < -0.4 is 27.2 Å². The van der Waals surface area contributed by atoms with Crippen molar-refractivity contribution >= 4 is 50.5 Å². The second-order valence-corrected chi connectivity index (χ2v) is 10.5. The molecule has 3 heterocycles. The van der Waals surface area contributed by atoms with Crippen molar-refractivity contribution in [3.8, 4) is 0 Å². The number of aliphatic hydroxyl groups excluding tert-OH is 1. The molecule has 16 nitrogen and oxygen atoms in total. The van der Waals surface area contributed by atoms with Crippen LogP contribution in [0.25, 0.3) is 11.2 Å². The third-order valence-corrected chi connectivity index (χ3v) is 7.31. The van der Waals surface area contributed by atoms with Gasteiger partial charge in [-0.15, -0.1) is 0 Å². The van der Waals surface area contributed by atoms with Crippen molar-refractivity contribution in [1.29, 1.82) is 0 Å². The fourth-order valence-corrected chi connectivity index (χ4v) is 4.94. The predicted octanol–water partition coefficient (Wildman–Crippen LogP) is -0.711. The number of carbonyl (C=O) groups excluding carboxylic acids is 1. The standard InChI is InChI=1S/C24H27N9O7S/c25-9-13-5-7-14(8-6-13)29-23-30-20(27)18-21(31-23)33(12-28-18)24(36)11-39-17(19(24)34)10-40-41(37,38)32-22(35)15-3-1-2-4-16(15)26/h1-8,12,17,19,34,36H,9-11,25-26H2,(H,32,35)(H3,27,29,30,31)/t17-,19-,24-/m1/s1. The van der Waals surface area contributed by atoms with E-state index in [-0.39, 0.29) is 34.2 Å². The molecular weight excluding hydrogens is 558 g/mol. The van der Waals surface area contributed by atoms with Gasteiger partial charge in [0, 0.05) is 17.9 Å². The van der Waals surface area contributed by atoms with Crippen molar-refractivity contribution in [2.75, 3.05) is 30.0 Å². The van der Waals surface area contributed by atoms with Gasteiger partial charge in [-0.2, -0.15) is 18.4 Å². The maximum absolute atomic E-state index is 12.4. The van der Waals surface area contributed by atoms with Gasteiger partial charge in [0.25, 0.3) is 5.91 Å². The number of para-hydroxylation sites is 1. The van der Waals surface area contributed by atoms with Gasteiger partial charge in [-0.3, -0.25) is 13.5 Å². The first-order valence-corrected chi connectivity index (χ1v) is 13.6. The number of nitrogens with zero attached hydrogens (tertiary/aromatic N) is 4. The smallest absolute Gasteiger partial charge is 0.362 e. The number of carbonyl (C=O) groups is 1. The van der Waals surface area contributed by atoms with Crippen LogP contribution in [-0.4, -0.2) is 69.5 Å². The molecule has 1 amide bonds. The number of anilines is 4. The van der Waals surface area contributed by atoms with E-state index in [2.05, 4.69) is 20.3 Å². The van der Waals surface area contributed by atoms with Gasteiger partial charge in [0.15, 0.2) is 17.2 Å². The maximum Gasteiger partial charge on any atom is 0.362 e. The predicted molar refractivity (Wildman–Crippen MR) is 146 cm³/mol. The molecule has 4 aromatic rings. The Labute approximate surface area is 233 Å². The summed E-state index contributed by atoms with van der Waals surface area (Å²) in [4.78, 5) is 25.1. The zero-order valence-corrected chi connectivity index (χ0v) is 22.2. The third kappa shape index (κ3) is 5.62. The SMILES string of the molecule is NCc1ccc(Nc2nc(N)c3ncn([C@@]4(O)CO[C@H](COS(=O)(=O)NC(=O)c5ccccc5N)[C@H]4O)c3n2)cc1. The van der Waals surface area contributed by atoms with Crippen LogP contribution in [0.5, 0.6) is 0 Å². The number of nitrogens with one attached hydrogen (secondary N) is 2. The number of rotatable bonds is 9. The molecule has 0 aliphatic carbocycles. The van der Waals surface area contributed by atoms with Crippen molar-refractivity contribution in [3.63, 3.8) is 0 Å². The number of fused-ring (bicyclic) bond motifs is 1. The summed E-state index contributed by atoms with van der Waals surface area (Å²) in [5, 5.41) is 25.4. The second-order valence-electron chi connectivity index (χ2n) is 9.18. The van der Waals surface area contributed by atoms with Crippen molar-refractivity contribution in [2.24, 2.45) is 5.73 Å². The van der Waals surface area contributed by atoms with E-state index in [1.165, 1.54) is 24.5 Å². The summed E-state index contributed by atoms with van der Waals surface area (Å²) in [6.07, 6.45) is -1.82. The molecule has 1 aliphatic heterocycles. The Kier molecular flexibility index (Phi) is 7.47. The van der Waals surface area contributed by atoms with E-state index in [9.17, 15) is 23.4 Å². The van der Waals surface area contributed by atoms with E-state index in [0.717, 1.165) is 10.1 Å². The molecule has 5 rings (SSSR count). The molecule has 3 atom stereocenters. The molecule has 10 N–H and O–H groups in total. The fourth-order valence-electron chi connectivity index (χ4n) is 4.23. The van der Waals surface area contributed by atoms with Gasteiger partial charge in [0.1, 0.15) is 17.7 Å². The van der Waals surface area contributed by atoms with E-state index >= 15 is 0 Å². The van der Waals surface area contributed by atoms with Crippen molar-refractivity contribution in [2.45, 2.75) is 24.5 Å². The molecule has 0 radical (unpaired) electrons. The van der Waals surface area contributed by atoms with Crippen LogP contribution in [0.15, 0.2) is 54.9 Å². The van der Waals surface area contributed by atoms with E-state index < -0.39 is 47.4 Å². The minimum atomic E-state index is -4.63. The second kappa shape index (κ2) is 10.9. The Bertz CT molecular complexity index is 1700. The molecule has 0 saturated carbocycles. The molecular formula is C24H27N9O7S. The minimum Gasteiger partial charge on any atom is -0.398 e. The van der Waals surface area contributed by atoms with Gasteiger partial charge in [-0.1, -0.05) is 24.3 Å². The molecule has 17 heteroatoms. The summed E-state index contributed by atoms with van der Waals surface area (Å²) in [6.45, 7) is -0.827. The highest BCUT2D eigenvalue weighted by molar-refractivity contribution is 7.85. The van der Waals surface area contributed by atoms with Gasteiger partial charge in [0.05, 0.1) is 25.1 Å². The van der Waals surface area contributed by atoms with Crippen molar-refractivity contribution in [3.05, 3.63) is 66.0 Å². The average molecular weight is 586 g/mol. The number of nitrogen functional groups attached to an aromatic ring is 2. The molecule has 2 aromatic carbocycles. The number of amides is 1. The lowest BCUT2D eigenvalue weighted by molar-refractivity contribution is -0.109. The highest BCUT2D eigenvalue weighted by atomic mass is 32.2. The maximum atomic E-state index is 12.4. The first kappa shape index (κ1) is 28.1. The summed E-state index contributed by atoms with van der Waals surface area (Å²) in [6, 6.07) is 13.1. The summed E-state index contributed by atoms with van der Waals surface area (Å²) in [5.41, 5.74) is 17.1. The van der Waals surface area contributed by atoms with Crippen LogP contribution in [0.4, 0.5) is 23.1 Å². The zero-order chi connectivity index (χ0) is 29.4. The molecule has 216 valence electrons. The fraction of sp³-hybridized carbons (Fsp3) is 0.250. The summed E-state index contributed by atoms with van der Waals surface area (Å²) < 4.78 is 37.9. The van der Waals surface area contributed by atoms with E-state index in [1.807, 2.05) is 12.1 Å². The van der Waals surface area contributed by atoms with E-state index in [0.29, 0.717) is 12.2 Å². The molecule has 1 saturated heterocycles. The first-order chi connectivity index (χ1) is 19.5. The van der Waals surface area contributed by atoms with Gasteiger partial charge < -0.3 is 37.5 Å². The normalized spacial score (nSPS) is 20.8. The number of imidazole rings is 1. The van der Waals surface area contributed by atoms with Crippen LogP contribution in [0.3, 0.4) is 0 Å². The molecule has 1 fully saturated rings. The van der Waals surface area contributed by atoms with Crippen LogP contribution in [0, 0.1) is 0 Å². The number of aliphatic hydroxyl groups is 2. The number of benzene rings is 2. The van der Waals surface area contributed by atoms with Gasteiger partial charge in [-0.25, -0.2) is 9.71 Å². The van der Waals surface area contributed by atoms with E-state index in [1.54, 1.807) is 22.9 Å². The minimum absolute atomic E-state index is 0.00704. The molecule has 41 heavy (non-hydrogen) atoms. The summed E-state index contributed by atoms with van der Waals surface area (Å²) in [7, 11) is -4.63. The Morgan fingerprint density at radius 1 is 1.17 bits per heavy atom. The molecule has 0 bridgehead atoms. The Hall–Kier alpha value is -4.39. The molecule has 1 aliphatic rings. The van der Waals surface area contributed by atoms with Crippen LogP contribution in [-0.2, 0) is 31.5 Å². The number of hydrogen-bond acceptors (Lipinski definition) is 14. The number of hydrogen-bond donors (Lipinski definition) is 7. The summed E-state index contributed by atoms with van der Waals surface area (Å²) in [5.74, 6) is -0.906. The van der Waals surface area contributed by atoms with E-state index in [4.69, 9.17) is 26.1 Å². The van der Waals surface area contributed by atoms with Gasteiger partial charge in [-0.05, 0) is 29.8 Å². The topological polar surface area (TPSA) is 256 Å².